The van der Waals surface area contributed by atoms with E-state index in [1.165, 1.54) is 116 Å². The molecule has 0 spiro atoms. The number of hydrogen-bond donors (Lipinski definition) is 0. The van der Waals surface area contributed by atoms with Crippen LogP contribution < -0.4 is 15.0 Å². The average molecular weight is 831 g/mol. The molecule has 0 aliphatic heterocycles. The van der Waals surface area contributed by atoms with E-state index in [-0.39, 0.29) is 6.04 Å². The van der Waals surface area contributed by atoms with Crippen LogP contribution in [0.4, 0.5) is 11.4 Å². The standard InChI is InChI=1S/C60H54N4/c1-35-29-43(30-36(2)39(35)5)61(41-17-9-7-10-18-41)53-27-25-45-49-33-56-50(34-55(49)63-51-23-15-13-21-47(51)57(53)59(45)63)46-26-28-54(58-48-22-14-16-24-52(48)64(56)60(46)58)62(42-19-11-8-12-20-42)44-31-37(3)40(6)38(4)32-44/h7-19,21-24,26,28-35,37,39-40,42H,20,25,27H2,1-6H3. The first-order chi connectivity index (χ1) is 31.3. The van der Waals surface area contributed by atoms with Gasteiger partial charge in [-0.25, -0.2) is 0 Å². The van der Waals surface area contributed by atoms with E-state index >= 15 is 0 Å². The Balaban J connectivity index is 1.10. The first-order valence-electron chi connectivity index (χ1n) is 23.7. The highest BCUT2D eigenvalue weighted by atomic mass is 15.2. The zero-order chi connectivity index (χ0) is 43.1. The maximum atomic E-state index is 2.65. The Bertz CT molecular complexity index is 3690. The van der Waals surface area contributed by atoms with Crippen LogP contribution in [-0.4, -0.2) is 14.8 Å². The molecule has 0 radical (unpaired) electrons. The second kappa shape index (κ2) is 13.9. The maximum Gasteiger partial charge on any atom is 0.0641 e. The highest BCUT2D eigenvalue weighted by molar-refractivity contribution is 6.28. The normalized spacial score (nSPS) is 22.4. The van der Waals surface area contributed by atoms with Crippen molar-refractivity contribution >= 4 is 82.5 Å². The van der Waals surface area contributed by atoms with E-state index < -0.39 is 0 Å². The van der Waals surface area contributed by atoms with E-state index in [4.69, 9.17) is 0 Å². The molecule has 0 N–H and O–H groups in total. The molecule has 13 rings (SSSR count). The number of allylic oxidation sites excluding steroid dienone is 8. The summed E-state index contributed by atoms with van der Waals surface area (Å²) in [6, 6.07) is 39.6. The summed E-state index contributed by atoms with van der Waals surface area (Å²) < 4.78 is 5.22. The van der Waals surface area contributed by atoms with Gasteiger partial charge in [-0.15, -0.1) is 0 Å². The van der Waals surface area contributed by atoms with Crippen molar-refractivity contribution in [3.05, 3.63) is 185 Å². The van der Waals surface area contributed by atoms with Crippen molar-refractivity contribution in [2.45, 2.75) is 66.8 Å². The number of aryl methyl sites for hydroxylation is 1. The van der Waals surface area contributed by atoms with Crippen LogP contribution in [0.3, 0.4) is 0 Å². The Labute approximate surface area is 375 Å². The van der Waals surface area contributed by atoms with Crippen LogP contribution in [0, 0.1) is 23.7 Å². The van der Waals surface area contributed by atoms with Gasteiger partial charge in [0.15, 0.2) is 0 Å². The minimum atomic E-state index is 0.224. The van der Waals surface area contributed by atoms with Gasteiger partial charge in [0.1, 0.15) is 0 Å². The lowest BCUT2D eigenvalue weighted by atomic mass is 9.84. The largest absolute Gasteiger partial charge is 0.334 e. The van der Waals surface area contributed by atoms with Gasteiger partial charge >= 0.3 is 0 Å². The van der Waals surface area contributed by atoms with Gasteiger partial charge in [-0.1, -0.05) is 136 Å². The highest BCUT2D eigenvalue weighted by Gasteiger charge is 2.33. The quantitative estimate of drug-likeness (QED) is 0.166. The van der Waals surface area contributed by atoms with Gasteiger partial charge in [0.2, 0.25) is 0 Å². The van der Waals surface area contributed by atoms with Crippen LogP contribution in [0.2, 0.25) is 0 Å². The number of nitrogens with zero attached hydrogens (tertiary/aromatic N) is 4. The molecule has 4 aliphatic rings. The zero-order valence-corrected chi connectivity index (χ0v) is 37.7. The SMILES string of the molecule is CC1=CC(N(C2=c3c4ccccc4n4c3c(c3cc5c(cc34)c3ccc(N(C4=CC(C)C(C)C(C)=C4)C4C=CC=CC4)c4c6ccccc6n5c34)CC2)c2ccccc2)=CC(C)C1C. The third-order valence-electron chi connectivity index (χ3n) is 16.1. The monoisotopic (exact) mass is 830 g/mol. The Morgan fingerprint density at radius 2 is 1.20 bits per heavy atom. The van der Waals surface area contributed by atoms with Crippen LogP contribution in [0.25, 0.3) is 71.1 Å². The highest BCUT2D eigenvalue weighted by Crippen LogP contribution is 2.48. The first kappa shape index (κ1) is 37.7. The topological polar surface area (TPSA) is 15.3 Å². The molecular formula is C60H54N4. The molecule has 5 aromatic carbocycles. The van der Waals surface area contributed by atoms with E-state index in [9.17, 15) is 0 Å². The van der Waals surface area contributed by atoms with Crippen LogP contribution in [-0.2, 0) is 6.42 Å². The summed E-state index contributed by atoms with van der Waals surface area (Å²) >= 11 is 0. The summed E-state index contributed by atoms with van der Waals surface area (Å²) in [5.41, 5.74) is 18.7. The molecule has 4 nitrogen and oxygen atoms in total. The van der Waals surface area contributed by atoms with Crippen molar-refractivity contribution in [3.63, 3.8) is 0 Å². The average Bonchev–Trinajstić information content (AvgIpc) is 4.04. The van der Waals surface area contributed by atoms with E-state index in [0.29, 0.717) is 23.7 Å². The third-order valence-corrected chi connectivity index (χ3v) is 16.1. The predicted octanol–water partition coefficient (Wildman–Crippen LogP) is 14.6. The van der Waals surface area contributed by atoms with Gasteiger partial charge in [-0.3, -0.25) is 0 Å². The number of para-hydroxylation sites is 3. The van der Waals surface area contributed by atoms with Crippen molar-refractivity contribution in [1.82, 2.24) is 8.80 Å². The number of benzene rings is 5. The van der Waals surface area contributed by atoms with Gasteiger partial charge in [0, 0.05) is 60.3 Å². The van der Waals surface area contributed by atoms with Gasteiger partial charge in [-0.05, 0) is 117 Å². The predicted molar refractivity (Wildman–Crippen MR) is 272 cm³/mol. The summed E-state index contributed by atoms with van der Waals surface area (Å²) in [6.07, 6.45) is 22.0. The number of anilines is 2. The first-order valence-corrected chi connectivity index (χ1v) is 23.7. The summed E-state index contributed by atoms with van der Waals surface area (Å²) in [7, 11) is 0. The van der Waals surface area contributed by atoms with Gasteiger partial charge in [0.05, 0.1) is 44.8 Å². The van der Waals surface area contributed by atoms with Gasteiger partial charge < -0.3 is 18.6 Å². The van der Waals surface area contributed by atoms with Crippen molar-refractivity contribution in [1.29, 1.82) is 0 Å². The molecule has 0 fully saturated rings. The summed E-state index contributed by atoms with van der Waals surface area (Å²) in [5, 5.41) is 9.37. The molecule has 314 valence electrons. The molecule has 4 heterocycles. The molecule has 4 heteroatoms. The lowest BCUT2D eigenvalue weighted by molar-refractivity contribution is 0.515. The van der Waals surface area contributed by atoms with E-state index in [1.807, 2.05) is 0 Å². The molecule has 9 aromatic rings. The minimum absolute atomic E-state index is 0.224. The second-order valence-electron chi connectivity index (χ2n) is 19.5. The fourth-order valence-corrected chi connectivity index (χ4v) is 12.3. The minimum Gasteiger partial charge on any atom is -0.334 e. The Hall–Kier alpha value is -6.78. The lowest BCUT2D eigenvalue weighted by Gasteiger charge is -2.37. The van der Waals surface area contributed by atoms with E-state index in [0.717, 1.165) is 19.3 Å². The fourth-order valence-electron chi connectivity index (χ4n) is 12.3. The number of hydrogen-bond acceptors (Lipinski definition) is 2. The second-order valence-corrected chi connectivity index (χ2v) is 19.5. The molecular weight excluding hydrogens is 777 g/mol. The summed E-state index contributed by atoms with van der Waals surface area (Å²) in [5.74, 6) is 1.97. The molecule has 0 amide bonds. The fraction of sp³-hybridized carbons (Fsp3) is 0.233. The van der Waals surface area contributed by atoms with E-state index in [1.54, 1.807) is 0 Å². The Kier molecular flexibility index (Phi) is 8.17. The molecule has 0 bridgehead atoms. The Morgan fingerprint density at radius 1 is 0.562 bits per heavy atom. The van der Waals surface area contributed by atoms with Crippen molar-refractivity contribution in [2.24, 2.45) is 23.7 Å². The van der Waals surface area contributed by atoms with E-state index in [2.05, 4.69) is 212 Å². The molecule has 64 heavy (non-hydrogen) atoms. The van der Waals surface area contributed by atoms with Crippen molar-refractivity contribution in [3.8, 4) is 0 Å². The number of fused-ring (bicyclic) bond motifs is 12. The smallest absolute Gasteiger partial charge is 0.0641 e. The molecule has 0 saturated heterocycles. The zero-order valence-electron chi connectivity index (χ0n) is 37.7. The van der Waals surface area contributed by atoms with Crippen LogP contribution in [0.5, 0.6) is 0 Å². The van der Waals surface area contributed by atoms with Crippen LogP contribution in [0.1, 0.15) is 59.9 Å². The van der Waals surface area contributed by atoms with Crippen LogP contribution >= 0.6 is 0 Å². The molecule has 0 saturated carbocycles. The molecule has 4 aliphatic carbocycles. The number of rotatable bonds is 6. The maximum absolute atomic E-state index is 2.65. The lowest BCUT2D eigenvalue weighted by Crippen LogP contribution is -2.35. The van der Waals surface area contributed by atoms with Gasteiger partial charge in [-0.2, -0.15) is 0 Å². The van der Waals surface area contributed by atoms with Crippen molar-refractivity contribution < 1.29 is 0 Å². The summed E-state index contributed by atoms with van der Waals surface area (Å²) in [4.78, 5) is 5.24. The van der Waals surface area contributed by atoms with Crippen molar-refractivity contribution in [2.75, 3.05) is 9.80 Å². The molecule has 5 atom stereocenters. The van der Waals surface area contributed by atoms with Crippen LogP contribution in [0.15, 0.2) is 174 Å². The summed E-state index contributed by atoms with van der Waals surface area (Å²) in [6.45, 7) is 14.1. The van der Waals surface area contributed by atoms with Gasteiger partial charge in [0.25, 0.3) is 0 Å². The number of aromatic nitrogens is 2. The molecule has 5 unspecified atom stereocenters. The Morgan fingerprint density at radius 3 is 1.94 bits per heavy atom. The third kappa shape index (κ3) is 5.17. The molecule has 4 aromatic heterocycles.